The molecule has 7 heteroatoms. The number of pyridine rings is 2. The molecule has 0 aliphatic heterocycles. The average Bonchev–Trinajstić information content (AvgIpc) is 2.61. The van der Waals surface area contributed by atoms with E-state index in [1.54, 1.807) is 48.7 Å². The van der Waals surface area contributed by atoms with Gasteiger partial charge in [-0.15, -0.1) is 0 Å². The monoisotopic (exact) mass is 341 g/mol. The fourth-order valence-electron chi connectivity index (χ4n) is 2.12. The van der Waals surface area contributed by atoms with Gasteiger partial charge in [0.15, 0.2) is 6.61 Å². The summed E-state index contributed by atoms with van der Waals surface area (Å²) < 4.78 is 5.06. The number of hydrogen-bond donors (Lipinski definition) is 1. The first-order valence-electron chi connectivity index (χ1n) is 7.06. The zero-order valence-electron chi connectivity index (χ0n) is 12.4. The van der Waals surface area contributed by atoms with Gasteiger partial charge in [-0.3, -0.25) is 9.78 Å². The minimum absolute atomic E-state index is 0.329. The summed E-state index contributed by atoms with van der Waals surface area (Å²) in [5.41, 5.74) is 1.04. The van der Waals surface area contributed by atoms with E-state index >= 15 is 0 Å². The molecule has 1 N–H and O–H groups in total. The van der Waals surface area contributed by atoms with Crippen LogP contribution in [0.3, 0.4) is 0 Å². The Morgan fingerprint density at radius 1 is 1.08 bits per heavy atom. The van der Waals surface area contributed by atoms with Crippen molar-refractivity contribution in [1.82, 2.24) is 9.97 Å². The van der Waals surface area contributed by atoms with E-state index in [9.17, 15) is 9.59 Å². The van der Waals surface area contributed by atoms with Crippen molar-refractivity contribution in [3.63, 3.8) is 0 Å². The average molecular weight is 342 g/mol. The highest BCUT2D eigenvalue weighted by Crippen LogP contribution is 2.17. The minimum Gasteiger partial charge on any atom is -0.452 e. The number of benzene rings is 1. The van der Waals surface area contributed by atoms with Crippen molar-refractivity contribution >= 4 is 40.2 Å². The Bertz CT molecular complexity index is 892. The van der Waals surface area contributed by atoms with E-state index in [-0.39, 0.29) is 0 Å². The number of hydrogen-bond acceptors (Lipinski definition) is 5. The van der Waals surface area contributed by atoms with Crippen LogP contribution in [0, 0.1) is 0 Å². The van der Waals surface area contributed by atoms with Crippen LogP contribution in [0.25, 0.3) is 10.9 Å². The number of aromatic nitrogens is 2. The van der Waals surface area contributed by atoms with E-state index in [2.05, 4.69) is 15.3 Å². The summed E-state index contributed by atoms with van der Waals surface area (Å²) in [4.78, 5) is 32.1. The third-order valence-electron chi connectivity index (χ3n) is 3.19. The maximum absolute atomic E-state index is 12.2. The standard InChI is InChI=1S/C17H12ClN3O3/c18-11-6-7-15(20-9-11)21-16(22)10-24-17(23)13-3-1-5-14-12(13)4-2-8-19-14/h1-9H,10H2,(H,20,21,22). The molecule has 0 spiro atoms. The zero-order valence-corrected chi connectivity index (χ0v) is 13.2. The van der Waals surface area contributed by atoms with E-state index in [1.165, 1.54) is 6.20 Å². The molecular formula is C17H12ClN3O3. The second kappa shape index (κ2) is 7.06. The number of nitrogens with zero attached hydrogens (tertiary/aromatic N) is 2. The van der Waals surface area contributed by atoms with Crippen molar-refractivity contribution in [3.05, 3.63) is 65.4 Å². The highest BCUT2D eigenvalue weighted by Gasteiger charge is 2.13. The number of fused-ring (bicyclic) bond motifs is 1. The Labute approximate surface area is 142 Å². The topological polar surface area (TPSA) is 81.2 Å². The predicted molar refractivity (Wildman–Crippen MR) is 89.9 cm³/mol. The van der Waals surface area contributed by atoms with Crippen molar-refractivity contribution in [2.75, 3.05) is 11.9 Å². The maximum Gasteiger partial charge on any atom is 0.339 e. The van der Waals surface area contributed by atoms with Gasteiger partial charge in [0, 0.05) is 17.8 Å². The molecule has 0 aliphatic carbocycles. The zero-order chi connectivity index (χ0) is 16.9. The van der Waals surface area contributed by atoms with Crippen LogP contribution in [0.1, 0.15) is 10.4 Å². The normalized spacial score (nSPS) is 10.4. The summed E-state index contributed by atoms with van der Waals surface area (Å²) in [5, 5.41) is 3.65. The third kappa shape index (κ3) is 3.67. The number of anilines is 1. The molecule has 3 aromatic rings. The van der Waals surface area contributed by atoms with E-state index in [1.807, 2.05) is 0 Å². The van der Waals surface area contributed by atoms with E-state index < -0.39 is 18.5 Å². The molecule has 6 nitrogen and oxygen atoms in total. The van der Waals surface area contributed by atoms with Crippen molar-refractivity contribution in [3.8, 4) is 0 Å². The molecule has 0 saturated heterocycles. The van der Waals surface area contributed by atoms with Crippen molar-refractivity contribution in [2.24, 2.45) is 0 Å². The molecule has 1 aromatic carbocycles. The highest BCUT2D eigenvalue weighted by atomic mass is 35.5. The van der Waals surface area contributed by atoms with Crippen LogP contribution in [0.4, 0.5) is 5.82 Å². The number of carbonyl (C=O) groups is 2. The number of esters is 1. The molecule has 3 rings (SSSR count). The Morgan fingerprint density at radius 2 is 1.96 bits per heavy atom. The number of nitrogens with one attached hydrogen (secondary N) is 1. The van der Waals surface area contributed by atoms with Crippen LogP contribution in [0.15, 0.2) is 54.9 Å². The lowest BCUT2D eigenvalue weighted by atomic mass is 10.1. The Morgan fingerprint density at radius 3 is 2.75 bits per heavy atom. The molecular weight excluding hydrogens is 330 g/mol. The van der Waals surface area contributed by atoms with E-state index in [4.69, 9.17) is 16.3 Å². The molecule has 0 atom stereocenters. The molecule has 0 bridgehead atoms. The molecule has 2 heterocycles. The number of amides is 1. The Hall–Kier alpha value is -2.99. The summed E-state index contributed by atoms with van der Waals surface area (Å²) in [6, 6.07) is 11.8. The summed E-state index contributed by atoms with van der Waals surface area (Å²) in [6.07, 6.45) is 3.05. The van der Waals surface area contributed by atoms with Crippen LogP contribution in [-0.4, -0.2) is 28.5 Å². The molecule has 120 valence electrons. The molecule has 2 aromatic heterocycles. The fourth-order valence-corrected chi connectivity index (χ4v) is 2.23. The first-order chi connectivity index (χ1) is 11.6. The summed E-state index contributed by atoms with van der Waals surface area (Å²) >= 11 is 5.72. The fraction of sp³-hybridized carbons (Fsp3) is 0.0588. The molecule has 24 heavy (non-hydrogen) atoms. The Balaban J connectivity index is 1.64. The van der Waals surface area contributed by atoms with Crippen LogP contribution >= 0.6 is 11.6 Å². The van der Waals surface area contributed by atoms with Crippen LogP contribution in [0.5, 0.6) is 0 Å². The number of carbonyl (C=O) groups excluding carboxylic acids is 2. The van der Waals surface area contributed by atoms with Gasteiger partial charge in [0.25, 0.3) is 5.91 Å². The van der Waals surface area contributed by atoms with Crippen molar-refractivity contribution in [1.29, 1.82) is 0 Å². The van der Waals surface area contributed by atoms with Gasteiger partial charge in [-0.05, 0) is 30.3 Å². The number of halogens is 1. The summed E-state index contributed by atoms with van der Waals surface area (Å²) in [7, 11) is 0. The molecule has 0 radical (unpaired) electrons. The first-order valence-corrected chi connectivity index (χ1v) is 7.43. The minimum atomic E-state index is -0.590. The van der Waals surface area contributed by atoms with Gasteiger partial charge in [0.05, 0.1) is 16.1 Å². The van der Waals surface area contributed by atoms with Gasteiger partial charge in [-0.1, -0.05) is 23.7 Å². The van der Waals surface area contributed by atoms with Crippen molar-refractivity contribution < 1.29 is 14.3 Å². The maximum atomic E-state index is 12.2. The second-order valence-corrected chi connectivity index (χ2v) is 5.30. The molecule has 0 unspecified atom stereocenters. The van der Waals surface area contributed by atoms with Crippen LogP contribution < -0.4 is 5.32 Å². The molecule has 1 amide bonds. The number of ether oxygens (including phenoxy) is 1. The lowest BCUT2D eigenvalue weighted by molar-refractivity contribution is -0.119. The lowest BCUT2D eigenvalue weighted by Gasteiger charge is -2.07. The molecule has 0 fully saturated rings. The molecule has 0 saturated carbocycles. The van der Waals surface area contributed by atoms with Gasteiger partial charge in [-0.25, -0.2) is 9.78 Å². The van der Waals surface area contributed by atoms with Gasteiger partial charge in [0.1, 0.15) is 5.82 Å². The van der Waals surface area contributed by atoms with E-state index in [0.717, 1.165) is 0 Å². The van der Waals surface area contributed by atoms with Crippen LogP contribution in [0.2, 0.25) is 5.02 Å². The predicted octanol–water partition coefficient (Wildman–Crippen LogP) is 3.08. The van der Waals surface area contributed by atoms with Crippen molar-refractivity contribution in [2.45, 2.75) is 0 Å². The van der Waals surface area contributed by atoms with Gasteiger partial charge in [0.2, 0.25) is 0 Å². The molecule has 0 aliphatic rings. The second-order valence-electron chi connectivity index (χ2n) is 4.86. The number of rotatable bonds is 4. The van der Waals surface area contributed by atoms with E-state index in [0.29, 0.717) is 27.3 Å². The lowest BCUT2D eigenvalue weighted by Crippen LogP contribution is -2.21. The largest absolute Gasteiger partial charge is 0.452 e. The summed E-state index contributed by atoms with van der Waals surface area (Å²) in [6.45, 7) is -0.417. The van der Waals surface area contributed by atoms with Gasteiger partial charge < -0.3 is 10.1 Å². The summed E-state index contributed by atoms with van der Waals surface area (Å²) in [5.74, 6) is -0.751. The third-order valence-corrected chi connectivity index (χ3v) is 3.42. The SMILES string of the molecule is O=C(COC(=O)c1cccc2ncccc12)Nc1ccc(Cl)cn1. The van der Waals surface area contributed by atoms with Gasteiger partial charge in [-0.2, -0.15) is 0 Å². The van der Waals surface area contributed by atoms with Gasteiger partial charge >= 0.3 is 5.97 Å². The highest BCUT2D eigenvalue weighted by molar-refractivity contribution is 6.30. The first kappa shape index (κ1) is 15.9. The quantitative estimate of drug-likeness (QED) is 0.737. The Kier molecular flexibility index (Phi) is 4.67. The van der Waals surface area contributed by atoms with Crippen LogP contribution in [-0.2, 0) is 9.53 Å². The smallest absolute Gasteiger partial charge is 0.339 e.